The molecule has 0 saturated heterocycles. The third-order valence-electron chi connectivity index (χ3n) is 4.61. The first-order valence-corrected chi connectivity index (χ1v) is 8.99. The highest BCUT2D eigenvalue weighted by Gasteiger charge is 2.24. The van der Waals surface area contributed by atoms with Crippen LogP contribution in [0, 0.1) is 0 Å². The molecule has 0 bridgehead atoms. The Morgan fingerprint density at radius 2 is 1.96 bits per heavy atom. The van der Waals surface area contributed by atoms with E-state index in [9.17, 15) is 9.90 Å². The lowest BCUT2D eigenvalue weighted by atomic mass is 9.91. The van der Waals surface area contributed by atoms with Crippen LogP contribution >= 0.6 is 0 Å². The van der Waals surface area contributed by atoms with Gasteiger partial charge in [-0.2, -0.15) is 0 Å². The first kappa shape index (κ1) is 17.3. The highest BCUT2D eigenvalue weighted by molar-refractivity contribution is 5.92. The summed E-state index contributed by atoms with van der Waals surface area (Å²) in [5, 5.41) is 9.76. The predicted octanol–water partition coefficient (Wildman–Crippen LogP) is 5.76. The molecule has 25 heavy (non-hydrogen) atoms. The standard InChI is InChI=1S/C22H24O3/c1-2-3-4-5-6-7-10-16-13-14-20-18(21(16)22(23)24)15-17-11-8-9-12-19(17)25-20/h6-9,11-14H,2-5,10,15H2,1H3,(H,23,24). The number of para-hydroxylation sites is 1. The van der Waals surface area contributed by atoms with Gasteiger partial charge in [-0.3, -0.25) is 0 Å². The Labute approximate surface area is 149 Å². The van der Waals surface area contributed by atoms with E-state index in [0.29, 0.717) is 24.2 Å². The lowest BCUT2D eigenvalue weighted by Gasteiger charge is -2.22. The predicted molar refractivity (Wildman–Crippen MR) is 99.7 cm³/mol. The third kappa shape index (κ3) is 3.93. The van der Waals surface area contributed by atoms with Gasteiger partial charge in [0.15, 0.2) is 0 Å². The molecular weight excluding hydrogens is 312 g/mol. The summed E-state index contributed by atoms with van der Waals surface area (Å²) < 4.78 is 5.91. The summed E-state index contributed by atoms with van der Waals surface area (Å²) >= 11 is 0. The van der Waals surface area contributed by atoms with Crippen LogP contribution in [0.1, 0.15) is 59.7 Å². The van der Waals surface area contributed by atoms with Gasteiger partial charge in [-0.25, -0.2) is 4.79 Å². The number of ether oxygens (including phenoxy) is 1. The molecule has 0 fully saturated rings. The fourth-order valence-electron chi connectivity index (χ4n) is 3.28. The highest BCUT2D eigenvalue weighted by Crippen LogP contribution is 2.39. The summed E-state index contributed by atoms with van der Waals surface area (Å²) in [5.74, 6) is 0.593. The van der Waals surface area contributed by atoms with Gasteiger partial charge < -0.3 is 9.84 Å². The van der Waals surface area contributed by atoms with E-state index in [1.54, 1.807) is 0 Å². The number of benzene rings is 2. The summed E-state index contributed by atoms with van der Waals surface area (Å²) in [6.07, 6.45) is 10.2. The van der Waals surface area contributed by atoms with Crippen LogP contribution in [0.2, 0.25) is 0 Å². The summed E-state index contributed by atoms with van der Waals surface area (Å²) in [6, 6.07) is 11.6. The van der Waals surface area contributed by atoms with Crippen LogP contribution in [0.15, 0.2) is 48.6 Å². The van der Waals surface area contributed by atoms with Crippen molar-refractivity contribution in [3.63, 3.8) is 0 Å². The molecule has 1 aliphatic rings. The number of rotatable bonds is 7. The minimum Gasteiger partial charge on any atom is -0.478 e. The summed E-state index contributed by atoms with van der Waals surface area (Å²) in [6.45, 7) is 2.19. The molecule has 0 saturated carbocycles. The van der Waals surface area contributed by atoms with Crippen molar-refractivity contribution in [2.24, 2.45) is 0 Å². The second-order valence-electron chi connectivity index (χ2n) is 6.44. The maximum atomic E-state index is 11.9. The van der Waals surface area contributed by atoms with Crippen LogP contribution in [0.25, 0.3) is 0 Å². The molecule has 0 aromatic heterocycles. The Balaban J connectivity index is 1.83. The average Bonchev–Trinajstić information content (AvgIpc) is 2.62. The average molecular weight is 336 g/mol. The number of allylic oxidation sites excluding steroid dienone is 2. The fourth-order valence-corrected chi connectivity index (χ4v) is 3.28. The van der Waals surface area contributed by atoms with Crippen LogP contribution < -0.4 is 4.74 Å². The Bertz CT molecular complexity index is 790. The molecule has 0 amide bonds. The maximum absolute atomic E-state index is 11.9. The molecule has 130 valence electrons. The van der Waals surface area contributed by atoms with Crippen molar-refractivity contribution in [1.29, 1.82) is 0 Å². The van der Waals surface area contributed by atoms with Crippen molar-refractivity contribution in [3.05, 3.63) is 70.8 Å². The molecule has 1 aliphatic heterocycles. The van der Waals surface area contributed by atoms with E-state index in [4.69, 9.17) is 4.74 Å². The Kier molecular flexibility index (Phi) is 5.54. The minimum absolute atomic E-state index is 0.394. The van der Waals surface area contributed by atoms with Gasteiger partial charge in [0.25, 0.3) is 0 Å². The van der Waals surface area contributed by atoms with Gasteiger partial charge in [-0.05, 0) is 42.5 Å². The SMILES string of the molecule is CCCCCC=CCc1ccc2c(c1C(=O)O)Cc1ccccc1O2. The number of carboxylic acids is 1. The molecular formula is C22H24O3. The van der Waals surface area contributed by atoms with Gasteiger partial charge in [0.05, 0.1) is 5.56 Å². The number of fused-ring (bicyclic) bond motifs is 2. The van der Waals surface area contributed by atoms with Gasteiger partial charge >= 0.3 is 5.97 Å². The monoisotopic (exact) mass is 336 g/mol. The summed E-state index contributed by atoms with van der Waals surface area (Å²) in [4.78, 5) is 11.9. The zero-order valence-corrected chi connectivity index (χ0v) is 14.6. The van der Waals surface area contributed by atoms with E-state index in [-0.39, 0.29) is 0 Å². The number of aromatic carboxylic acids is 1. The summed E-state index contributed by atoms with van der Waals surface area (Å²) in [7, 11) is 0. The Morgan fingerprint density at radius 1 is 1.12 bits per heavy atom. The normalized spacial score (nSPS) is 12.5. The molecule has 1 heterocycles. The molecule has 0 spiro atoms. The van der Waals surface area contributed by atoms with Crippen LogP contribution in [-0.4, -0.2) is 11.1 Å². The van der Waals surface area contributed by atoms with E-state index < -0.39 is 5.97 Å². The molecule has 0 atom stereocenters. The number of carbonyl (C=O) groups is 1. The van der Waals surface area contributed by atoms with Crippen molar-refractivity contribution < 1.29 is 14.6 Å². The zero-order valence-electron chi connectivity index (χ0n) is 14.6. The van der Waals surface area contributed by atoms with Gasteiger partial charge in [0, 0.05) is 12.0 Å². The molecule has 3 nitrogen and oxygen atoms in total. The number of hydrogen-bond acceptors (Lipinski definition) is 2. The fraction of sp³-hybridized carbons (Fsp3) is 0.318. The largest absolute Gasteiger partial charge is 0.478 e. The van der Waals surface area contributed by atoms with Gasteiger partial charge in [-0.15, -0.1) is 0 Å². The quantitative estimate of drug-likeness (QED) is 0.441. The van der Waals surface area contributed by atoms with Crippen molar-refractivity contribution in [2.75, 3.05) is 0 Å². The molecule has 3 rings (SSSR count). The van der Waals surface area contributed by atoms with Crippen LogP contribution in [-0.2, 0) is 12.8 Å². The molecule has 3 heteroatoms. The Morgan fingerprint density at radius 3 is 2.76 bits per heavy atom. The van der Waals surface area contributed by atoms with Crippen molar-refractivity contribution in [3.8, 4) is 11.5 Å². The van der Waals surface area contributed by atoms with Crippen molar-refractivity contribution >= 4 is 5.97 Å². The first-order valence-electron chi connectivity index (χ1n) is 8.99. The smallest absolute Gasteiger partial charge is 0.336 e. The molecule has 0 radical (unpaired) electrons. The molecule has 0 unspecified atom stereocenters. The van der Waals surface area contributed by atoms with Crippen LogP contribution in [0.5, 0.6) is 11.5 Å². The zero-order chi connectivity index (χ0) is 17.6. The lowest BCUT2D eigenvalue weighted by molar-refractivity contribution is 0.0694. The number of carboxylic acid groups (broad SMARTS) is 1. The van der Waals surface area contributed by atoms with Gasteiger partial charge in [0.2, 0.25) is 0 Å². The molecule has 2 aromatic rings. The van der Waals surface area contributed by atoms with E-state index in [1.807, 2.05) is 36.4 Å². The molecule has 0 aliphatic carbocycles. The van der Waals surface area contributed by atoms with E-state index >= 15 is 0 Å². The molecule has 1 N–H and O–H groups in total. The third-order valence-corrected chi connectivity index (χ3v) is 4.61. The summed E-state index contributed by atoms with van der Waals surface area (Å²) in [5.41, 5.74) is 3.05. The van der Waals surface area contributed by atoms with E-state index in [1.165, 1.54) is 19.3 Å². The van der Waals surface area contributed by atoms with E-state index in [0.717, 1.165) is 28.9 Å². The second-order valence-corrected chi connectivity index (χ2v) is 6.44. The Hall–Kier alpha value is -2.55. The maximum Gasteiger partial charge on any atom is 0.336 e. The van der Waals surface area contributed by atoms with E-state index in [2.05, 4.69) is 19.1 Å². The van der Waals surface area contributed by atoms with Gasteiger partial charge in [0.1, 0.15) is 11.5 Å². The lowest BCUT2D eigenvalue weighted by Crippen LogP contribution is -2.12. The minimum atomic E-state index is -0.880. The molecule has 2 aromatic carbocycles. The van der Waals surface area contributed by atoms with Crippen molar-refractivity contribution in [2.45, 2.75) is 45.4 Å². The number of hydrogen-bond donors (Lipinski definition) is 1. The first-order chi connectivity index (χ1) is 12.2. The van der Waals surface area contributed by atoms with Crippen LogP contribution in [0.4, 0.5) is 0 Å². The van der Waals surface area contributed by atoms with Crippen LogP contribution in [0.3, 0.4) is 0 Å². The second kappa shape index (κ2) is 8.02. The topological polar surface area (TPSA) is 46.5 Å². The highest BCUT2D eigenvalue weighted by atomic mass is 16.5. The van der Waals surface area contributed by atoms with Gasteiger partial charge in [-0.1, -0.05) is 56.2 Å². The van der Waals surface area contributed by atoms with Crippen molar-refractivity contribution in [1.82, 2.24) is 0 Å². The number of unbranched alkanes of at least 4 members (excludes halogenated alkanes) is 3.